The predicted octanol–water partition coefficient (Wildman–Crippen LogP) is 5.05. The molecule has 0 radical (unpaired) electrons. The molecule has 2 heterocycles. The molecular weight excluding hydrogens is 362 g/mol. The SMILES string of the molecule is COc1ccc(C2N(c3cccc4ccccc34)C(=O)N3CC(C)(C)CN23)cc1. The van der Waals surface area contributed by atoms with E-state index in [-0.39, 0.29) is 17.6 Å². The second-order valence-corrected chi connectivity index (χ2v) is 8.62. The van der Waals surface area contributed by atoms with Gasteiger partial charge in [0, 0.05) is 18.5 Å². The number of hydrazine groups is 1. The van der Waals surface area contributed by atoms with E-state index in [2.05, 4.69) is 49.2 Å². The highest BCUT2D eigenvalue weighted by Gasteiger charge is 2.52. The fraction of sp³-hybridized carbons (Fsp3) is 0.292. The van der Waals surface area contributed by atoms with E-state index in [0.717, 1.165) is 40.9 Å². The van der Waals surface area contributed by atoms with Crippen molar-refractivity contribution in [3.8, 4) is 5.75 Å². The maximum atomic E-state index is 13.6. The highest BCUT2D eigenvalue weighted by atomic mass is 16.5. The van der Waals surface area contributed by atoms with Crippen LogP contribution in [0.4, 0.5) is 10.5 Å². The molecule has 3 aromatic carbocycles. The van der Waals surface area contributed by atoms with Crippen LogP contribution >= 0.6 is 0 Å². The number of carbonyl (C=O) groups excluding carboxylic acids is 1. The lowest BCUT2D eigenvalue weighted by Gasteiger charge is -2.30. The predicted molar refractivity (Wildman–Crippen MR) is 115 cm³/mol. The molecule has 0 spiro atoms. The van der Waals surface area contributed by atoms with Crippen molar-refractivity contribution in [2.75, 3.05) is 25.1 Å². The molecule has 2 amide bonds. The number of amides is 2. The molecule has 29 heavy (non-hydrogen) atoms. The number of hydrogen-bond acceptors (Lipinski definition) is 3. The van der Waals surface area contributed by atoms with E-state index < -0.39 is 0 Å². The highest BCUT2D eigenvalue weighted by molar-refractivity contribution is 6.04. The van der Waals surface area contributed by atoms with Gasteiger partial charge < -0.3 is 4.74 Å². The summed E-state index contributed by atoms with van der Waals surface area (Å²) in [6, 6.07) is 22.5. The van der Waals surface area contributed by atoms with Gasteiger partial charge in [0.25, 0.3) is 0 Å². The van der Waals surface area contributed by atoms with Gasteiger partial charge in [-0.2, -0.15) is 5.01 Å². The van der Waals surface area contributed by atoms with Crippen molar-refractivity contribution in [2.45, 2.75) is 20.0 Å². The largest absolute Gasteiger partial charge is 0.497 e. The van der Waals surface area contributed by atoms with Crippen molar-refractivity contribution in [2.24, 2.45) is 5.41 Å². The van der Waals surface area contributed by atoms with E-state index >= 15 is 0 Å². The Labute approximate surface area is 171 Å². The van der Waals surface area contributed by atoms with Gasteiger partial charge in [-0.3, -0.25) is 9.91 Å². The quantitative estimate of drug-likeness (QED) is 0.631. The van der Waals surface area contributed by atoms with E-state index in [1.807, 2.05) is 46.3 Å². The summed E-state index contributed by atoms with van der Waals surface area (Å²) < 4.78 is 5.34. The maximum absolute atomic E-state index is 13.6. The smallest absolute Gasteiger partial charge is 0.340 e. The van der Waals surface area contributed by atoms with Crippen molar-refractivity contribution in [3.05, 3.63) is 72.3 Å². The summed E-state index contributed by atoms with van der Waals surface area (Å²) in [6.07, 6.45) is -0.180. The molecule has 5 rings (SSSR count). The number of nitrogens with zero attached hydrogens (tertiary/aromatic N) is 3. The first-order valence-electron chi connectivity index (χ1n) is 9.97. The first kappa shape index (κ1) is 18.0. The molecule has 2 fully saturated rings. The minimum atomic E-state index is -0.180. The van der Waals surface area contributed by atoms with E-state index in [1.54, 1.807) is 7.11 Å². The van der Waals surface area contributed by atoms with Gasteiger partial charge >= 0.3 is 6.03 Å². The number of rotatable bonds is 3. The van der Waals surface area contributed by atoms with Crippen LogP contribution < -0.4 is 9.64 Å². The van der Waals surface area contributed by atoms with Crippen molar-refractivity contribution in [1.29, 1.82) is 0 Å². The zero-order valence-corrected chi connectivity index (χ0v) is 17.0. The van der Waals surface area contributed by atoms with Gasteiger partial charge in [0.1, 0.15) is 11.9 Å². The fourth-order valence-electron chi connectivity index (χ4n) is 4.58. The highest BCUT2D eigenvalue weighted by Crippen LogP contribution is 2.46. The van der Waals surface area contributed by atoms with Crippen LogP contribution in [0.15, 0.2) is 66.7 Å². The molecule has 5 heteroatoms. The van der Waals surface area contributed by atoms with Gasteiger partial charge in [0.15, 0.2) is 0 Å². The number of anilines is 1. The molecule has 1 atom stereocenters. The standard InChI is InChI=1S/C24H25N3O2/c1-24(2)15-25-22(18-11-13-19(29-3)14-12-18)27(23(28)26(25)16-24)21-10-6-8-17-7-4-5-9-20(17)21/h4-14,22H,15-16H2,1-3H3. The molecule has 1 unspecified atom stereocenters. The van der Waals surface area contributed by atoms with Crippen LogP contribution in [0, 0.1) is 5.41 Å². The van der Waals surface area contributed by atoms with Crippen LogP contribution in [0.3, 0.4) is 0 Å². The van der Waals surface area contributed by atoms with Gasteiger partial charge in [-0.25, -0.2) is 4.79 Å². The average Bonchev–Trinajstić information content (AvgIpc) is 3.18. The number of hydrogen-bond donors (Lipinski definition) is 0. The summed E-state index contributed by atoms with van der Waals surface area (Å²) in [7, 11) is 1.67. The Hall–Kier alpha value is -3.05. The summed E-state index contributed by atoms with van der Waals surface area (Å²) >= 11 is 0. The monoisotopic (exact) mass is 387 g/mol. The molecule has 2 saturated heterocycles. The topological polar surface area (TPSA) is 36.0 Å². The lowest BCUT2D eigenvalue weighted by atomic mass is 9.94. The molecule has 0 aliphatic carbocycles. The van der Waals surface area contributed by atoms with Gasteiger partial charge in [0.2, 0.25) is 0 Å². The molecule has 2 aliphatic heterocycles. The van der Waals surface area contributed by atoms with Crippen molar-refractivity contribution in [1.82, 2.24) is 10.0 Å². The Kier molecular flexibility index (Phi) is 4.03. The van der Waals surface area contributed by atoms with Crippen LogP contribution in [0.25, 0.3) is 10.8 Å². The number of ether oxygens (including phenoxy) is 1. The normalized spacial score (nSPS) is 21.1. The summed E-state index contributed by atoms with van der Waals surface area (Å²) in [4.78, 5) is 15.6. The Morgan fingerprint density at radius 1 is 0.931 bits per heavy atom. The molecule has 0 aromatic heterocycles. The van der Waals surface area contributed by atoms with Gasteiger partial charge in [-0.1, -0.05) is 62.4 Å². The van der Waals surface area contributed by atoms with Crippen molar-refractivity contribution in [3.63, 3.8) is 0 Å². The Morgan fingerprint density at radius 3 is 2.41 bits per heavy atom. The van der Waals surface area contributed by atoms with Gasteiger partial charge in [0.05, 0.1) is 12.8 Å². The third-order valence-corrected chi connectivity index (χ3v) is 5.87. The van der Waals surface area contributed by atoms with E-state index in [4.69, 9.17) is 4.74 Å². The summed E-state index contributed by atoms with van der Waals surface area (Å²) in [5.41, 5.74) is 2.08. The van der Waals surface area contributed by atoms with E-state index in [0.29, 0.717) is 0 Å². The van der Waals surface area contributed by atoms with E-state index in [9.17, 15) is 4.79 Å². The lowest BCUT2D eigenvalue weighted by Crippen LogP contribution is -2.35. The minimum absolute atomic E-state index is 0.0350. The number of benzene rings is 3. The Bertz CT molecular complexity index is 1070. The van der Waals surface area contributed by atoms with Gasteiger partial charge in [-0.15, -0.1) is 0 Å². The molecule has 5 nitrogen and oxygen atoms in total. The molecule has 3 aromatic rings. The Morgan fingerprint density at radius 2 is 1.66 bits per heavy atom. The third kappa shape index (κ3) is 2.85. The fourth-order valence-corrected chi connectivity index (χ4v) is 4.58. The van der Waals surface area contributed by atoms with Crippen LogP contribution in [-0.4, -0.2) is 36.2 Å². The molecule has 2 aliphatic rings. The van der Waals surface area contributed by atoms with Crippen LogP contribution in [0.2, 0.25) is 0 Å². The zero-order chi connectivity index (χ0) is 20.2. The summed E-state index contributed by atoms with van der Waals surface area (Å²) in [5.74, 6) is 0.813. The maximum Gasteiger partial charge on any atom is 0.340 e. The molecule has 0 saturated carbocycles. The van der Waals surface area contributed by atoms with Gasteiger partial charge in [-0.05, 0) is 34.6 Å². The Balaban J connectivity index is 1.67. The number of fused-ring (bicyclic) bond motifs is 2. The third-order valence-electron chi connectivity index (χ3n) is 5.87. The second-order valence-electron chi connectivity index (χ2n) is 8.62. The van der Waals surface area contributed by atoms with Crippen molar-refractivity contribution < 1.29 is 9.53 Å². The van der Waals surface area contributed by atoms with E-state index in [1.165, 1.54) is 0 Å². The number of carbonyl (C=O) groups is 1. The zero-order valence-electron chi connectivity index (χ0n) is 17.0. The number of urea groups is 1. The van der Waals surface area contributed by atoms with Crippen LogP contribution in [0.1, 0.15) is 25.6 Å². The minimum Gasteiger partial charge on any atom is -0.497 e. The molecule has 0 N–H and O–H groups in total. The summed E-state index contributed by atoms with van der Waals surface area (Å²) in [6.45, 7) is 5.98. The second kappa shape index (κ2) is 6.49. The van der Waals surface area contributed by atoms with Crippen molar-refractivity contribution >= 4 is 22.5 Å². The van der Waals surface area contributed by atoms with Crippen LogP contribution in [-0.2, 0) is 0 Å². The first-order valence-corrected chi connectivity index (χ1v) is 9.97. The molecule has 0 bridgehead atoms. The first-order chi connectivity index (χ1) is 14.0. The number of methoxy groups -OCH3 is 1. The summed E-state index contributed by atoms with van der Waals surface area (Å²) in [5, 5.41) is 6.35. The average molecular weight is 387 g/mol. The lowest BCUT2D eigenvalue weighted by molar-refractivity contribution is 0.0721. The van der Waals surface area contributed by atoms with Crippen LogP contribution in [0.5, 0.6) is 5.75 Å². The molecular formula is C24H25N3O2. The molecule has 148 valence electrons.